The molecule has 0 spiro atoms. The fourth-order valence-electron chi connectivity index (χ4n) is 4.07. The lowest BCUT2D eigenvalue weighted by Gasteiger charge is -2.32. The third kappa shape index (κ3) is 12.4. The second-order valence-electron chi connectivity index (χ2n) is 10.7. The van der Waals surface area contributed by atoms with Crippen molar-refractivity contribution in [3.05, 3.63) is 35.4 Å². The highest BCUT2D eigenvalue weighted by Crippen LogP contribution is 2.24. The van der Waals surface area contributed by atoms with Crippen LogP contribution in [0.15, 0.2) is 24.3 Å². The number of aryl methyl sites for hydroxylation is 1. The van der Waals surface area contributed by atoms with Gasteiger partial charge in [-0.05, 0) is 53.0 Å². The maximum atomic E-state index is 13.5. The third-order valence-electron chi connectivity index (χ3n) is 5.92. The summed E-state index contributed by atoms with van der Waals surface area (Å²) in [7, 11) is 0. The number of hydrogen-bond donors (Lipinski definition) is 2. The molecule has 1 aromatic rings. The molecule has 2 atom stereocenters. The van der Waals surface area contributed by atoms with Crippen LogP contribution in [0.5, 0.6) is 0 Å². The number of alkyl carbamates (subject to hydrolysis) is 1. The van der Waals surface area contributed by atoms with Crippen molar-refractivity contribution in [2.75, 3.05) is 13.1 Å². The molecule has 0 heterocycles. The lowest BCUT2D eigenvalue weighted by Crippen LogP contribution is -2.49. The van der Waals surface area contributed by atoms with E-state index >= 15 is 0 Å². The van der Waals surface area contributed by atoms with Crippen molar-refractivity contribution < 1.29 is 19.1 Å². The van der Waals surface area contributed by atoms with Crippen LogP contribution in [0.2, 0.25) is 0 Å². The molecule has 0 aliphatic rings. The second-order valence-corrected chi connectivity index (χ2v) is 10.7. The van der Waals surface area contributed by atoms with Gasteiger partial charge >= 0.3 is 6.09 Å². The molecule has 3 amide bonds. The second kappa shape index (κ2) is 16.2. The number of nitrogens with one attached hydrogen (secondary N) is 2. The summed E-state index contributed by atoms with van der Waals surface area (Å²) in [6.07, 6.45) is 7.58. The number of carbonyl (C=O) groups excluding carboxylic acids is 3. The van der Waals surface area contributed by atoms with Crippen molar-refractivity contribution in [2.45, 2.75) is 118 Å². The van der Waals surface area contributed by atoms with Crippen molar-refractivity contribution in [1.29, 1.82) is 0 Å². The first-order valence-electron chi connectivity index (χ1n) is 13.6. The first-order chi connectivity index (χ1) is 17.0. The number of hydrogen-bond acceptors (Lipinski definition) is 4. The predicted molar refractivity (Wildman–Crippen MR) is 146 cm³/mol. The molecule has 7 heteroatoms. The van der Waals surface area contributed by atoms with Gasteiger partial charge in [-0.25, -0.2) is 4.79 Å². The van der Waals surface area contributed by atoms with Gasteiger partial charge in [-0.15, -0.1) is 0 Å². The van der Waals surface area contributed by atoms with Crippen molar-refractivity contribution in [3.8, 4) is 0 Å². The molecule has 7 nitrogen and oxygen atoms in total. The third-order valence-corrected chi connectivity index (χ3v) is 5.92. The Hall–Kier alpha value is -2.57. The normalized spacial score (nSPS) is 13.0. The summed E-state index contributed by atoms with van der Waals surface area (Å²) in [5.41, 5.74) is 1.18. The van der Waals surface area contributed by atoms with Crippen molar-refractivity contribution in [2.24, 2.45) is 0 Å². The largest absolute Gasteiger partial charge is 0.444 e. The molecule has 0 bridgehead atoms. The maximum absolute atomic E-state index is 13.5. The number of carbonyl (C=O) groups is 3. The SMILES string of the molecule is CCCCCCCCN(C(=O)CNC(=O)OC(C)(C)C)C(C(=O)NC(C)CCC)c1ccc(C)cc1. The van der Waals surface area contributed by atoms with E-state index in [-0.39, 0.29) is 24.4 Å². The highest BCUT2D eigenvalue weighted by atomic mass is 16.6. The van der Waals surface area contributed by atoms with E-state index in [0.717, 1.165) is 43.2 Å². The highest BCUT2D eigenvalue weighted by Gasteiger charge is 2.32. The number of amides is 3. The van der Waals surface area contributed by atoms with Gasteiger partial charge in [-0.3, -0.25) is 9.59 Å². The molecule has 36 heavy (non-hydrogen) atoms. The van der Waals surface area contributed by atoms with Crippen molar-refractivity contribution in [1.82, 2.24) is 15.5 Å². The van der Waals surface area contributed by atoms with Gasteiger partial charge in [0.2, 0.25) is 11.8 Å². The number of ether oxygens (including phenoxy) is 1. The summed E-state index contributed by atoms with van der Waals surface area (Å²) >= 11 is 0. The average Bonchev–Trinajstić information content (AvgIpc) is 2.79. The van der Waals surface area contributed by atoms with Gasteiger partial charge in [0.25, 0.3) is 0 Å². The van der Waals surface area contributed by atoms with E-state index in [4.69, 9.17) is 4.74 Å². The first kappa shape index (κ1) is 31.5. The average molecular weight is 504 g/mol. The molecule has 0 aliphatic carbocycles. The van der Waals surface area contributed by atoms with E-state index in [0.29, 0.717) is 6.54 Å². The van der Waals surface area contributed by atoms with Crippen LogP contribution in [-0.4, -0.2) is 47.5 Å². The molecule has 2 unspecified atom stereocenters. The molecular formula is C29H49N3O4. The maximum Gasteiger partial charge on any atom is 0.408 e. The lowest BCUT2D eigenvalue weighted by molar-refractivity contribution is -0.140. The Bertz CT molecular complexity index is 802. The molecule has 0 fully saturated rings. The fourth-order valence-corrected chi connectivity index (χ4v) is 4.07. The molecule has 204 valence electrons. The summed E-state index contributed by atoms with van der Waals surface area (Å²) in [5, 5.41) is 5.67. The van der Waals surface area contributed by atoms with E-state index in [1.807, 2.05) is 38.1 Å². The van der Waals surface area contributed by atoms with Gasteiger partial charge in [0.15, 0.2) is 0 Å². The highest BCUT2D eigenvalue weighted by molar-refractivity contribution is 5.90. The monoisotopic (exact) mass is 503 g/mol. The first-order valence-corrected chi connectivity index (χ1v) is 13.6. The minimum Gasteiger partial charge on any atom is -0.444 e. The zero-order valence-corrected chi connectivity index (χ0v) is 23.6. The van der Waals surface area contributed by atoms with Crippen molar-refractivity contribution >= 4 is 17.9 Å². The van der Waals surface area contributed by atoms with Gasteiger partial charge in [0.05, 0.1) is 0 Å². The van der Waals surface area contributed by atoms with Crippen LogP contribution in [0, 0.1) is 6.92 Å². The molecule has 0 radical (unpaired) electrons. The van der Waals surface area contributed by atoms with Crippen LogP contribution in [-0.2, 0) is 14.3 Å². The molecule has 0 aliphatic heterocycles. The summed E-state index contributed by atoms with van der Waals surface area (Å²) in [4.78, 5) is 40.8. The summed E-state index contributed by atoms with van der Waals surface area (Å²) in [6, 6.07) is 6.96. The molecule has 1 rings (SSSR count). The van der Waals surface area contributed by atoms with Crippen LogP contribution in [0.25, 0.3) is 0 Å². The topological polar surface area (TPSA) is 87.7 Å². The molecule has 1 aromatic carbocycles. The number of unbranched alkanes of at least 4 members (excludes halogenated alkanes) is 5. The van der Waals surface area contributed by atoms with E-state index in [2.05, 4.69) is 24.5 Å². The standard InChI is InChI=1S/C29H49N3O4/c1-8-10-11-12-13-14-20-32(25(33)21-30-28(35)36-29(5,6)7)26(24-18-16-22(3)17-19-24)27(34)31-23(4)15-9-2/h16-19,23,26H,8-15,20-21H2,1-7H3,(H,30,35)(H,31,34). The zero-order valence-electron chi connectivity index (χ0n) is 23.6. The Morgan fingerprint density at radius 1 is 0.944 bits per heavy atom. The molecule has 0 saturated carbocycles. The van der Waals surface area contributed by atoms with Crippen LogP contribution in [0.1, 0.15) is 110 Å². The van der Waals surface area contributed by atoms with Gasteiger partial charge in [-0.1, -0.05) is 82.2 Å². The van der Waals surface area contributed by atoms with Gasteiger partial charge < -0.3 is 20.3 Å². The smallest absolute Gasteiger partial charge is 0.408 e. The Kier molecular flexibility index (Phi) is 14.2. The van der Waals surface area contributed by atoms with Gasteiger partial charge in [0, 0.05) is 12.6 Å². The van der Waals surface area contributed by atoms with E-state index in [1.54, 1.807) is 25.7 Å². The number of benzene rings is 1. The van der Waals surface area contributed by atoms with Gasteiger partial charge in [-0.2, -0.15) is 0 Å². The molecule has 0 saturated heterocycles. The van der Waals surface area contributed by atoms with Crippen LogP contribution in [0.3, 0.4) is 0 Å². The van der Waals surface area contributed by atoms with Crippen LogP contribution >= 0.6 is 0 Å². The fraction of sp³-hybridized carbons (Fsp3) is 0.690. The summed E-state index contributed by atoms with van der Waals surface area (Å²) in [6.45, 7) is 13.8. The van der Waals surface area contributed by atoms with E-state index in [1.165, 1.54) is 19.3 Å². The Morgan fingerprint density at radius 2 is 1.56 bits per heavy atom. The zero-order chi connectivity index (χ0) is 27.1. The minimum atomic E-state index is -0.770. The Morgan fingerprint density at radius 3 is 2.14 bits per heavy atom. The van der Waals surface area contributed by atoms with Crippen LogP contribution < -0.4 is 10.6 Å². The Labute approximate surface area is 218 Å². The molecule has 0 aromatic heterocycles. The van der Waals surface area contributed by atoms with Crippen LogP contribution in [0.4, 0.5) is 4.79 Å². The minimum absolute atomic E-state index is 0.00123. The van der Waals surface area contributed by atoms with Gasteiger partial charge in [0.1, 0.15) is 18.2 Å². The molecule has 2 N–H and O–H groups in total. The predicted octanol–water partition coefficient (Wildman–Crippen LogP) is 6.05. The summed E-state index contributed by atoms with van der Waals surface area (Å²) in [5.74, 6) is -0.505. The van der Waals surface area contributed by atoms with E-state index in [9.17, 15) is 14.4 Å². The quantitative estimate of drug-likeness (QED) is 0.285. The lowest BCUT2D eigenvalue weighted by atomic mass is 10.0. The number of nitrogens with zero attached hydrogens (tertiary/aromatic N) is 1. The Balaban J connectivity index is 3.15. The van der Waals surface area contributed by atoms with E-state index < -0.39 is 17.7 Å². The molecular weight excluding hydrogens is 454 g/mol. The summed E-state index contributed by atoms with van der Waals surface area (Å²) < 4.78 is 5.29. The number of rotatable bonds is 15. The van der Waals surface area contributed by atoms with Crippen molar-refractivity contribution in [3.63, 3.8) is 0 Å².